The van der Waals surface area contributed by atoms with Crippen LogP contribution in [0.1, 0.15) is 5.69 Å². The van der Waals surface area contributed by atoms with Gasteiger partial charge in [-0.3, -0.25) is 0 Å². The largest absolute Gasteiger partial charge is 0.487 e. The van der Waals surface area contributed by atoms with Crippen LogP contribution in [-0.2, 0) is 6.61 Å². The predicted octanol–water partition coefficient (Wildman–Crippen LogP) is 4.62. The van der Waals surface area contributed by atoms with E-state index < -0.39 is 0 Å². The number of halogens is 3. The van der Waals surface area contributed by atoms with Gasteiger partial charge in [-0.05, 0) is 30.3 Å². The van der Waals surface area contributed by atoms with E-state index in [1.165, 1.54) is 0 Å². The van der Waals surface area contributed by atoms with Crippen molar-refractivity contribution in [1.29, 1.82) is 0 Å². The number of hydrogen-bond donors (Lipinski definition) is 0. The SMILES string of the molecule is Clc1cccc(OCc2nc(Cl)ccc2Cl)c1. The third kappa shape index (κ3) is 3.50. The van der Waals surface area contributed by atoms with Gasteiger partial charge in [-0.15, -0.1) is 0 Å². The molecule has 5 heteroatoms. The minimum absolute atomic E-state index is 0.250. The van der Waals surface area contributed by atoms with Gasteiger partial charge in [-0.2, -0.15) is 0 Å². The molecule has 0 radical (unpaired) electrons. The van der Waals surface area contributed by atoms with Crippen LogP contribution in [0.25, 0.3) is 0 Å². The van der Waals surface area contributed by atoms with Gasteiger partial charge in [0.1, 0.15) is 17.5 Å². The van der Waals surface area contributed by atoms with Gasteiger partial charge in [-0.1, -0.05) is 40.9 Å². The monoisotopic (exact) mass is 287 g/mol. The zero-order valence-corrected chi connectivity index (χ0v) is 10.9. The normalized spacial score (nSPS) is 10.3. The van der Waals surface area contributed by atoms with Crippen molar-refractivity contribution in [2.75, 3.05) is 0 Å². The van der Waals surface area contributed by atoms with Gasteiger partial charge in [-0.25, -0.2) is 4.98 Å². The zero-order chi connectivity index (χ0) is 12.3. The molecule has 17 heavy (non-hydrogen) atoms. The lowest BCUT2D eigenvalue weighted by Gasteiger charge is -2.07. The average molecular weight is 289 g/mol. The Kier molecular flexibility index (Phi) is 4.11. The second-order valence-electron chi connectivity index (χ2n) is 3.31. The van der Waals surface area contributed by atoms with Crippen LogP contribution in [0, 0.1) is 0 Å². The number of rotatable bonds is 3. The fourth-order valence-corrected chi connectivity index (χ4v) is 1.77. The van der Waals surface area contributed by atoms with Gasteiger partial charge in [0.2, 0.25) is 0 Å². The molecule has 0 bridgehead atoms. The Balaban J connectivity index is 2.09. The topological polar surface area (TPSA) is 22.1 Å². The summed E-state index contributed by atoms with van der Waals surface area (Å²) in [4.78, 5) is 4.09. The summed E-state index contributed by atoms with van der Waals surface area (Å²) in [6, 6.07) is 10.4. The summed E-state index contributed by atoms with van der Waals surface area (Å²) in [5.74, 6) is 0.662. The number of nitrogens with zero attached hydrogens (tertiary/aromatic N) is 1. The Morgan fingerprint density at radius 1 is 1.06 bits per heavy atom. The molecule has 0 fully saturated rings. The Hall–Kier alpha value is -0.960. The van der Waals surface area contributed by atoms with Crippen molar-refractivity contribution in [3.8, 4) is 5.75 Å². The lowest BCUT2D eigenvalue weighted by atomic mass is 10.3. The maximum atomic E-state index is 5.97. The maximum absolute atomic E-state index is 5.97. The van der Waals surface area contributed by atoms with E-state index in [1.54, 1.807) is 24.3 Å². The van der Waals surface area contributed by atoms with Crippen LogP contribution in [-0.4, -0.2) is 4.98 Å². The molecule has 0 aliphatic carbocycles. The highest BCUT2D eigenvalue weighted by atomic mass is 35.5. The number of pyridine rings is 1. The molecule has 88 valence electrons. The van der Waals surface area contributed by atoms with Crippen LogP contribution in [0.3, 0.4) is 0 Å². The average Bonchev–Trinajstić information content (AvgIpc) is 2.30. The van der Waals surface area contributed by atoms with Crippen LogP contribution < -0.4 is 4.74 Å². The van der Waals surface area contributed by atoms with Crippen LogP contribution in [0.15, 0.2) is 36.4 Å². The molecule has 2 nitrogen and oxygen atoms in total. The molecule has 0 saturated heterocycles. The third-order valence-corrected chi connectivity index (χ3v) is 2.85. The van der Waals surface area contributed by atoms with Crippen LogP contribution >= 0.6 is 34.8 Å². The molecule has 0 N–H and O–H groups in total. The molecule has 1 aromatic carbocycles. The smallest absolute Gasteiger partial charge is 0.132 e. The molecule has 0 aliphatic rings. The fourth-order valence-electron chi connectivity index (χ4n) is 1.27. The lowest BCUT2D eigenvalue weighted by molar-refractivity contribution is 0.301. The first-order valence-corrected chi connectivity index (χ1v) is 5.98. The summed E-state index contributed by atoms with van der Waals surface area (Å²) in [7, 11) is 0. The van der Waals surface area contributed by atoms with Gasteiger partial charge < -0.3 is 4.74 Å². The molecule has 0 spiro atoms. The second kappa shape index (κ2) is 5.58. The fraction of sp³-hybridized carbons (Fsp3) is 0.0833. The summed E-state index contributed by atoms with van der Waals surface area (Å²) in [6.07, 6.45) is 0. The van der Waals surface area contributed by atoms with Crippen LogP contribution in [0.2, 0.25) is 15.2 Å². The van der Waals surface area contributed by atoms with Crippen molar-refractivity contribution in [1.82, 2.24) is 4.98 Å². The molecule has 1 heterocycles. The molecule has 1 aromatic heterocycles. The van der Waals surface area contributed by atoms with Gasteiger partial charge in [0, 0.05) is 5.02 Å². The van der Waals surface area contributed by atoms with E-state index in [-0.39, 0.29) is 6.61 Å². The molecule has 0 amide bonds. The predicted molar refractivity (Wildman–Crippen MR) is 70.0 cm³/mol. The number of aromatic nitrogens is 1. The Bertz CT molecular complexity index is 531. The van der Waals surface area contributed by atoms with Crippen molar-refractivity contribution in [3.63, 3.8) is 0 Å². The standard InChI is InChI=1S/C12H8Cl3NO/c13-8-2-1-3-9(6-8)17-7-11-10(14)4-5-12(15)16-11/h1-6H,7H2. The second-order valence-corrected chi connectivity index (χ2v) is 4.54. The van der Waals surface area contributed by atoms with Crippen LogP contribution in [0.5, 0.6) is 5.75 Å². The van der Waals surface area contributed by atoms with Gasteiger partial charge in [0.15, 0.2) is 0 Å². The van der Waals surface area contributed by atoms with E-state index in [2.05, 4.69) is 4.98 Å². The quantitative estimate of drug-likeness (QED) is 0.769. The first-order chi connectivity index (χ1) is 8.15. The number of benzene rings is 1. The van der Waals surface area contributed by atoms with Crippen molar-refractivity contribution >= 4 is 34.8 Å². The highest BCUT2D eigenvalue weighted by Gasteiger charge is 2.04. The molecular formula is C12H8Cl3NO. The molecule has 0 unspecified atom stereocenters. The molecule has 0 aliphatic heterocycles. The summed E-state index contributed by atoms with van der Waals surface area (Å²) in [5.41, 5.74) is 0.596. The van der Waals surface area contributed by atoms with Gasteiger partial charge >= 0.3 is 0 Å². The Labute approximate surface area is 114 Å². The molecule has 2 rings (SSSR count). The maximum Gasteiger partial charge on any atom is 0.132 e. The molecule has 0 saturated carbocycles. The Morgan fingerprint density at radius 3 is 2.65 bits per heavy atom. The highest BCUT2D eigenvalue weighted by molar-refractivity contribution is 6.32. The highest BCUT2D eigenvalue weighted by Crippen LogP contribution is 2.21. The van der Waals surface area contributed by atoms with E-state index >= 15 is 0 Å². The minimum atomic E-state index is 0.250. The summed E-state index contributed by atoms with van der Waals surface area (Å²) in [5, 5.41) is 1.53. The van der Waals surface area contributed by atoms with Crippen molar-refractivity contribution in [2.24, 2.45) is 0 Å². The first-order valence-electron chi connectivity index (χ1n) is 4.84. The van der Waals surface area contributed by atoms with E-state index in [1.807, 2.05) is 12.1 Å². The zero-order valence-electron chi connectivity index (χ0n) is 8.66. The van der Waals surface area contributed by atoms with Crippen molar-refractivity contribution < 1.29 is 4.74 Å². The third-order valence-electron chi connectivity index (χ3n) is 2.06. The Morgan fingerprint density at radius 2 is 1.88 bits per heavy atom. The van der Waals surface area contributed by atoms with Gasteiger partial charge in [0.05, 0.1) is 10.7 Å². The van der Waals surface area contributed by atoms with Crippen molar-refractivity contribution in [3.05, 3.63) is 57.3 Å². The first kappa shape index (κ1) is 12.5. The van der Waals surface area contributed by atoms with Crippen molar-refractivity contribution in [2.45, 2.75) is 6.61 Å². The molecular weight excluding hydrogens is 280 g/mol. The summed E-state index contributed by atoms with van der Waals surface area (Å²) >= 11 is 17.6. The molecule has 2 aromatic rings. The number of hydrogen-bond acceptors (Lipinski definition) is 2. The van der Waals surface area contributed by atoms with Crippen LogP contribution in [0.4, 0.5) is 0 Å². The summed E-state index contributed by atoms with van der Waals surface area (Å²) < 4.78 is 5.52. The molecule has 0 atom stereocenters. The minimum Gasteiger partial charge on any atom is -0.487 e. The van der Waals surface area contributed by atoms with Gasteiger partial charge in [0.25, 0.3) is 0 Å². The van der Waals surface area contributed by atoms with E-state index in [9.17, 15) is 0 Å². The van der Waals surface area contributed by atoms with E-state index in [0.29, 0.717) is 26.6 Å². The summed E-state index contributed by atoms with van der Waals surface area (Å²) in [6.45, 7) is 0.250. The van der Waals surface area contributed by atoms with E-state index in [0.717, 1.165) is 0 Å². The van der Waals surface area contributed by atoms with E-state index in [4.69, 9.17) is 39.5 Å². The lowest BCUT2D eigenvalue weighted by Crippen LogP contribution is -1.99. The number of ether oxygens (including phenoxy) is 1.